The van der Waals surface area contributed by atoms with Crippen LogP contribution < -0.4 is 11.1 Å². The molecule has 7 heteroatoms. The van der Waals surface area contributed by atoms with E-state index in [1.807, 2.05) is 0 Å². The van der Waals surface area contributed by atoms with Gasteiger partial charge >= 0.3 is 0 Å². The summed E-state index contributed by atoms with van der Waals surface area (Å²) in [7, 11) is 1.54. The predicted octanol–water partition coefficient (Wildman–Crippen LogP) is 2.61. The molecule has 0 aliphatic heterocycles. The molecule has 0 spiro atoms. The van der Waals surface area contributed by atoms with Crippen molar-refractivity contribution in [2.45, 2.75) is 76.7 Å². The summed E-state index contributed by atoms with van der Waals surface area (Å²) < 4.78 is 26.3. The lowest BCUT2D eigenvalue weighted by Gasteiger charge is -2.29. The minimum atomic E-state index is -2.53. The SMILES string of the molecule is CNC(=O)[C@H](CCC(C)C(N)=O)C[C@@H](O)CCC1CCC(F)(F)CC1. The number of rotatable bonds is 10. The zero-order chi connectivity index (χ0) is 19.0. The second-order valence-corrected chi connectivity index (χ2v) is 7.46. The first-order valence-corrected chi connectivity index (χ1v) is 9.21. The van der Waals surface area contributed by atoms with E-state index >= 15 is 0 Å². The Kier molecular flexibility index (Phi) is 8.76. The van der Waals surface area contributed by atoms with Crippen LogP contribution in [0, 0.1) is 17.8 Å². The molecule has 1 unspecified atom stereocenters. The van der Waals surface area contributed by atoms with E-state index in [1.54, 1.807) is 14.0 Å². The fraction of sp³-hybridized carbons (Fsp3) is 0.889. The fourth-order valence-corrected chi connectivity index (χ4v) is 3.42. The van der Waals surface area contributed by atoms with Crippen LogP contribution in [0.25, 0.3) is 0 Å². The van der Waals surface area contributed by atoms with Gasteiger partial charge in [-0.25, -0.2) is 8.78 Å². The van der Waals surface area contributed by atoms with E-state index in [4.69, 9.17) is 5.73 Å². The summed E-state index contributed by atoms with van der Waals surface area (Å²) >= 11 is 0. The van der Waals surface area contributed by atoms with Crippen molar-refractivity contribution in [1.82, 2.24) is 5.32 Å². The molecule has 0 aromatic carbocycles. The molecule has 2 amide bonds. The molecule has 146 valence electrons. The fourth-order valence-electron chi connectivity index (χ4n) is 3.42. The Hall–Kier alpha value is -1.24. The van der Waals surface area contributed by atoms with Gasteiger partial charge in [0.25, 0.3) is 0 Å². The van der Waals surface area contributed by atoms with E-state index in [9.17, 15) is 23.5 Å². The first-order chi connectivity index (χ1) is 11.6. The summed E-state index contributed by atoms with van der Waals surface area (Å²) in [6.45, 7) is 1.72. The Morgan fingerprint density at radius 2 is 1.84 bits per heavy atom. The molecule has 1 aliphatic carbocycles. The Labute approximate surface area is 148 Å². The molecule has 1 saturated carbocycles. The van der Waals surface area contributed by atoms with Gasteiger partial charge in [0.15, 0.2) is 0 Å². The Balaban J connectivity index is 2.40. The van der Waals surface area contributed by atoms with Crippen molar-refractivity contribution in [3.05, 3.63) is 0 Å². The average Bonchev–Trinajstić information content (AvgIpc) is 2.56. The van der Waals surface area contributed by atoms with Crippen molar-refractivity contribution in [3.63, 3.8) is 0 Å². The molecule has 4 N–H and O–H groups in total. The van der Waals surface area contributed by atoms with Gasteiger partial charge in [-0.1, -0.05) is 6.92 Å². The maximum Gasteiger partial charge on any atom is 0.248 e. The van der Waals surface area contributed by atoms with Crippen molar-refractivity contribution in [3.8, 4) is 0 Å². The molecule has 0 bridgehead atoms. The number of nitrogens with one attached hydrogen (secondary N) is 1. The van der Waals surface area contributed by atoms with Crippen LogP contribution in [-0.2, 0) is 9.59 Å². The topological polar surface area (TPSA) is 92.4 Å². The van der Waals surface area contributed by atoms with Crippen LogP contribution in [0.2, 0.25) is 0 Å². The number of hydrogen-bond donors (Lipinski definition) is 3. The zero-order valence-corrected chi connectivity index (χ0v) is 15.3. The number of aliphatic hydroxyl groups is 1. The molecular formula is C18H32F2N2O3. The summed E-state index contributed by atoms with van der Waals surface area (Å²) in [6.07, 6.45) is 2.71. The number of hydrogen-bond acceptors (Lipinski definition) is 3. The highest BCUT2D eigenvalue weighted by molar-refractivity contribution is 5.79. The molecule has 25 heavy (non-hydrogen) atoms. The Bertz CT molecular complexity index is 436. The maximum absolute atomic E-state index is 13.2. The largest absolute Gasteiger partial charge is 0.393 e. The molecule has 1 rings (SSSR count). The summed E-state index contributed by atoms with van der Waals surface area (Å²) in [5, 5.41) is 12.8. The van der Waals surface area contributed by atoms with E-state index in [-0.39, 0.29) is 36.5 Å². The van der Waals surface area contributed by atoms with Gasteiger partial charge in [-0.2, -0.15) is 0 Å². The third kappa shape index (κ3) is 8.12. The lowest BCUT2D eigenvalue weighted by molar-refractivity contribution is -0.127. The van der Waals surface area contributed by atoms with E-state index in [1.165, 1.54) is 0 Å². The number of amides is 2. The first kappa shape index (κ1) is 21.8. The van der Waals surface area contributed by atoms with E-state index in [0.717, 1.165) is 0 Å². The summed E-state index contributed by atoms with van der Waals surface area (Å²) in [5.41, 5.74) is 5.24. The minimum absolute atomic E-state index is 0.0698. The van der Waals surface area contributed by atoms with Gasteiger partial charge in [0.05, 0.1) is 6.10 Å². The molecule has 1 fully saturated rings. The van der Waals surface area contributed by atoms with Crippen molar-refractivity contribution in [2.75, 3.05) is 7.05 Å². The highest BCUT2D eigenvalue weighted by Gasteiger charge is 2.34. The third-order valence-corrected chi connectivity index (χ3v) is 5.35. The molecule has 0 aromatic heterocycles. The van der Waals surface area contributed by atoms with Crippen molar-refractivity contribution >= 4 is 11.8 Å². The number of carbonyl (C=O) groups is 2. The molecule has 0 saturated heterocycles. The lowest BCUT2D eigenvalue weighted by atomic mass is 9.82. The van der Waals surface area contributed by atoms with Crippen LogP contribution in [0.1, 0.15) is 64.7 Å². The smallest absolute Gasteiger partial charge is 0.248 e. The normalized spacial score (nSPS) is 21.3. The monoisotopic (exact) mass is 362 g/mol. The van der Waals surface area contributed by atoms with E-state index < -0.39 is 17.9 Å². The number of aliphatic hydroxyl groups excluding tert-OH is 1. The van der Waals surface area contributed by atoms with Crippen LogP contribution >= 0.6 is 0 Å². The van der Waals surface area contributed by atoms with Crippen LogP contribution in [0.3, 0.4) is 0 Å². The standard InChI is InChI=1S/C18H32F2N2O3/c1-12(16(21)24)3-5-14(17(25)22-2)11-15(23)6-4-13-7-9-18(19,20)10-8-13/h12-15,23H,3-11H2,1-2H3,(H2,21,24)(H,22,25)/t12?,14-,15+/m1/s1. The van der Waals surface area contributed by atoms with Gasteiger partial charge in [0, 0.05) is 31.7 Å². The van der Waals surface area contributed by atoms with Crippen LogP contribution in [0.5, 0.6) is 0 Å². The van der Waals surface area contributed by atoms with Crippen molar-refractivity contribution in [1.29, 1.82) is 0 Å². The van der Waals surface area contributed by atoms with Gasteiger partial charge in [0.1, 0.15) is 0 Å². The van der Waals surface area contributed by atoms with Gasteiger partial charge < -0.3 is 16.2 Å². The minimum Gasteiger partial charge on any atom is -0.393 e. The quantitative estimate of drug-likeness (QED) is 0.558. The third-order valence-electron chi connectivity index (χ3n) is 5.35. The summed E-state index contributed by atoms with van der Waals surface area (Å²) in [4.78, 5) is 23.1. The number of primary amides is 1. The van der Waals surface area contributed by atoms with Gasteiger partial charge in [-0.05, 0) is 50.9 Å². The number of halogens is 2. The summed E-state index contributed by atoms with van der Waals surface area (Å²) in [6, 6.07) is 0. The molecular weight excluding hydrogens is 330 g/mol. The van der Waals surface area contributed by atoms with E-state index in [0.29, 0.717) is 44.9 Å². The van der Waals surface area contributed by atoms with E-state index in [2.05, 4.69) is 5.32 Å². The first-order valence-electron chi connectivity index (χ1n) is 9.21. The highest BCUT2D eigenvalue weighted by Crippen LogP contribution is 2.38. The number of carbonyl (C=O) groups excluding carboxylic acids is 2. The number of nitrogens with two attached hydrogens (primary N) is 1. The molecule has 0 aromatic rings. The molecule has 0 heterocycles. The second kappa shape index (κ2) is 10.0. The molecule has 3 atom stereocenters. The zero-order valence-electron chi connectivity index (χ0n) is 15.3. The second-order valence-electron chi connectivity index (χ2n) is 7.46. The molecule has 0 radical (unpaired) electrons. The molecule has 1 aliphatic rings. The predicted molar refractivity (Wildman–Crippen MR) is 91.9 cm³/mol. The van der Waals surface area contributed by atoms with Gasteiger partial charge in [0.2, 0.25) is 17.7 Å². The van der Waals surface area contributed by atoms with Crippen molar-refractivity contribution in [2.24, 2.45) is 23.5 Å². The van der Waals surface area contributed by atoms with Gasteiger partial charge in [-0.15, -0.1) is 0 Å². The average molecular weight is 362 g/mol. The van der Waals surface area contributed by atoms with Crippen LogP contribution in [0.4, 0.5) is 8.78 Å². The highest BCUT2D eigenvalue weighted by atomic mass is 19.3. The Morgan fingerprint density at radius 1 is 1.24 bits per heavy atom. The van der Waals surface area contributed by atoms with Crippen molar-refractivity contribution < 1.29 is 23.5 Å². The maximum atomic E-state index is 13.2. The molecule has 5 nitrogen and oxygen atoms in total. The summed E-state index contributed by atoms with van der Waals surface area (Å²) in [5.74, 6) is -3.55. The van der Waals surface area contributed by atoms with Gasteiger partial charge in [-0.3, -0.25) is 9.59 Å². The van der Waals surface area contributed by atoms with Crippen LogP contribution in [-0.4, -0.2) is 36.0 Å². The van der Waals surface area contributed by atoms with Crippen LogP contribution in [0.15, 0.2) is 0 Å². The number of alkyl halides is 2. The Morgan fingerprint density at radius 3 is 2.36 bits per heavy atom. The lowest BCUT2D eigenvalue weighted by Crippen LogP contribution is -2.32.